The molecule has 0 spiro atoms. The van der Waals surface area contributed by atoms with Crippen molar-refractivity contribution in [3.63, 3.8) is 0 Å². The Morgan fingerprint density at radius 3 is 2.58 bits per heavy atom. The molecule has 1 unspecified atom stereocenters. The van der Waals surface area contributed by atoms with E-state index in [2.05, 4.69) is 0 Å². The van der Waals surface area contributed by atoms with Gasteiger partial charge in [0.2, 0.25) is 9.84 Å². The Hall–Kier alpha value is -1.68. The van der Waals surface area contributed by atoms with E-state index in [0.29, 0.717) is 22.6 Å². The number of benzene rings is 1. The van der Waals surface area contributed by atoms with Crippen molar-refractivity contribution in [1.82, 2.24) is 0 Å². The smallest absolute Gasteiger partial charge is 0.202 e. The average Bonchev–Trinajstić information content (AvgIpc) is 2.39. The van der Waals surface area contributed by atoms with Gasteiger partial charge in [-0.05, 0) is 37.5 Å². The molecule has 0 amide bonds. The molecule has 19 heavy (non-hydrogen) atoms. The molecule has 1 aromatic carbocycles. The van der Waals surface area contributed by atoms with Crippen molar-refractivity contribution in [2.24, 2.45) is 5.92 Å². The molecule has 0 saturated heterocycles. The van der Waals surface area contributed by atoms with Crippen LogP contribution in [0, 0.1) is 5.92 Å². The molecule has 4 heteroatoms. The van der Waals surface area contributed by atoms with E-state index in [9.17, 15) is 13.2 Å². The largest absolute Gasteiger partial charge is 0.300 e. The van der Waals surface area contributed by atoms with E-state index in [4.69, 9.17) is 0 Å². The minimum Gasteiger partial charge on any atom is -0.300 e. The third kappa shape index (κ3) is 3.20. The molecule has 0 radical (unpaired) electrons. The Labute approximate surface area is 113 Å². The number of allylic oxidation sites excluding steroid dienone is 4. The summed E-state index contributed by atoms with van der Waals surface area (Å²) in [5.41, 5.74) is 0. The molecule has 100 valence electrons. The number of rotatable bonds is 4. The van der Waals surface area contributed by atoms with Crippen LogP contribution in [0.1, 0.15) is 19.8 Å². The lowest BCUT2D eigenvalue weighted by molar-refractivity contribution is -0.117. The number of hydrogen-bond acceptors (Lipinski definition) is 3. The maximum atomic E-state index is 12.4. The van der Waals surface area contributed by atoms with Gasteiger partial charge in [0.1, 0.15) is 5.78 Å². The van der Waals surface area contributed by atoms with Crippen molar-refractivity contribution in [1.29, 1.82) is 0 Å². The van der Waals surface area contributed by atoms with E-state index < -0.39 is 9.84 Å². The van der Waals surface area contributed by atoms with Crippen LogP contribution in [-0.4, -0.2) is 14.2 Å². The predicted molar refractivity (Wildman–Crippen MR) is 74.3 cm³/mol. The molecule has 0 aromatic heterocycles. The number of carbonyl (C=O) groups is 1. The van der Waals surface area contributed by atoms with Gasteiger partial charge >= 0.3 is 0 Å². The van der Waals surface area contributed by atoms with Gasteiger partial charge in [-0.2, -0.15) is 0 Å². The molecule has 1 aliphatic carbocycles. The van der Waals surface area contributed by atoms with Crippen LogP contribution >= 0.6 is 0 Å². The van der Waals surface area contributed by atoms with Gasteiger partial charge in [0.15, 0.2) is 0 Å². The highest BCUT2D eigenvalue weighted by atomic mass is 32.2. The SMILES string of the molecule is CC(=O)CC1C=CC=C(S(=O)(=O)c2ccccc2)C1. The lowest BCUT2D eigenvalue weighted by Gasteiger charge is -2.17. The van der Waals surface area contributed by atoms with Crippen molar-refractivity contribution >= 4 is 15.6 Å². The Bertz CT molecular complexity index is 625. The normalized spacial score (nSPS) is 19.0. The first-order chi connectivity index (χ1) is 9.00. The van der Waals surface area contributed by atoms with E-state index in [-0.39, 0.29) is 11.7 Å². The maximum absolute atomic E-state index is 12.4. The van der Waals surface area contributed by atoms with Gasteiger partial charge in [0.25, 0.3) is 0 Å². The van der Waals surface area contributed by atoms with Gasteiger partial charge in [0.05, 0.1) is 4.90 Å². The quantitative estimate of drug-likeness (QED) is 0.849. The number of carbonyl (C=O) groups excluding carboxylic acids is 1. The van der Waals surface area contributed by atoms with Gasteiger partial charge in [-0.1, -0.05) is 30.4 Å². The second-order valence-corrected chi connectivity index (χ2v) is 6.71. The first-order valence-corrected chi connectivity index (χ1v) is 7.65. The van der Waals surface area contributed by atoms with E-state index in [1.165, 1.54) is 6.92 Å². The van der Waals surface area contributed by atoms with E-state index >= 15 is 0 Å². The van der Waals surface area contributed by atoms with Crippen molar-refractivity contribution in [2.75, 3.05) is 0 Å². The summed E-state index contributed by atoms with van der Waals surface area (Å²) in [6.45, 7) is 1.53. The zero-order valence-electron chi connectivity index (χ0n) is 10.7. The topological polar surface area (TPSA) is 51.2 Å². The molecule has 1 aromatic rings. The third-order valence-corrected chi connectivity index (χ3v) is 4.96. The fraction of sp³-hybridized carbons (Fsp3) is 0.267. The predicted octanol–water partition coefficient (Wildman–Crippen LogP) is 2.90. The summed E-state index contributed by atoms with van der Waals surface area (Å²) in [6, 6.07) is 8.38. The highest BCUT2D eigenvalue weighted by Gasteiger charge is 2.24. The van der Waals surface area contributed by atoms with Crippen LogP contribution in [0.4, 0.5) is 0 Å². The minimum absolute atomic E-state index is 0.0176. The highest BCUT2D eigenvalue weighted by molar-refractivity contribution is 7.95. The number of sulfone groups is 1. The molecular formula is C15H16O3S. The Morgan fingerprint density at radius 2 is 1.95 bits per heavy atom. The van der Waals surface area contributed by atoms with Crippen LogP contribution in [0.15, 0.2) is 58.4 Å². The number of Topliss-reactive ketones (excluding diaryl/α,β-unsaturated/α-hetero) is 1. The lowest BCUT2D eigenvalue weighted by atomic mass is 9.95. The molecule has 3 nitrogen and oxygen atoms in total. The van der Waals surface area contributed by atoms with Crippen LogP contribution in [-0.2, 0) is 14.6 Å². The lowest BCUT2D eigenvalue weighted by Crippen LogP contribution is -2.13. The fourth-order valence-electron chi connectivity index (χ4n) is 2.17. The Balaban J connectivity index is 2.25. The second kappa shape index (κ2) is 5.53. The summed E-state index contributed by atoms with van der Waals surface area (Å²) in [5.74, 6) is 0.0593. The molecule has 2 rings (SSSR count). The number of hydrogen-bond donors (Lipinski definition) is 0. The first-order valence-electron chi connectivity index (χ1n) is 6.17. The fourth-order valence-corrected chi connectivity index (χ4v) is 3.68. The second-order valence-electron chi connectivity index (χ2n) is 4.70. The van der Waals surface area contributed by atoms with E-state index in [1.807, 2.05) is 6.08 Å². The van der Waals surface area contributed by atoms with E-state index in [0.717, 1.165) is 0 Å². The van der Waals surface area contributed by atoms with Crippen molar-refractivity contribution < 1.29 is 13.2 Å². The average molecular weight is 276 g/mol. The summed E-state index contributed by atoms with van der Waals surface area (Å²) in [5, 5.41) is 0. The summed E-state index contributed by atoms with van der Waals surface area (Å²) in [4.78, 5) is 11.8. The Morgan fingerprint density at radius 1 is 1.26 bits per heavy atom. The van der Waals surface area contributed by atoms with Gasteiger partial charge in [-0.25, -0.2) is 8.42 Å². The van der Waals surface area contributed by atoms with Gasteiger partial charge in [-0.15, -0.1) is 0 Å². The molecule has 0 heterocycles. The van der Waals surface area contributed by atoms with Crippen molar-refractivity contribution in [3.8, 4) is 0 Å². The van der Waals surface area contributed by atoms with Crippen LogP contribution in [0.5, 0.6) is 0 Å². The van der Waals surface area contributed by atoms with Crippen molar-refractivity contribution in [3.05, 3.63) is 53.5 Å². The molecule has 0 saturated carbocycles. The molecule has 0 N–H and O–H groups in total. The third-order valence-electron chi connectivity index (χ3n) is 3.08. The monoisotopic (exact) mass is 276 g/mol. The minimum atomic E-state index is -3.43. The summed E-state index contributed by atoms with van der Waals surface area (Å²) < 4.78 is 24.9. The molecule has 1 atom stereocenters. The molecule has 0 fully saturated rings. The molecule has 0 aliphatic heterocycles. The molecule has 0 bridgehead atoms. The molecule has 1 aliphatic rings. The van der Waals surface area contributed by atoms with Gasteiger partial charge in [0, 0.05) is 11.3 Å². The first kappa shape index (κ1) is 13.7. The van der Waals surface area contributed by atoms with Crippen LogP contribution < -0.4 is 0 Å². The summed E-state index contributed by atoms with van der Waals surface area (Å²) >= 11 is 0. The zero-order valence-corrected chi connectivity index (χ0v) is 11.6. The van der Waals surface area contributed by atoms with Crippen molar-refractivity contribution in [2.45, 2.75) is 24.7 Å². The molecular weight excluding hydrogens is 260 g/mol. The standard InChI is InChI=1S/C15H16O3S/c1-12(16)10-13-6-5-9-15(11-13)19(17,18)14-7-3-2-4-8-14/h2-9,13H,10-11H2,1H3. The van der Waals surface area contributed by atoms with Crippen LogP contribution in [0.2, 0.25) is 0 Å². The highest BCUT2D eigenvalue weighted by Crippen LogP contribution is 2.29. The van der Waals surface area contributed by atoms with Crippen LogP contribution in [0.3, 0.4) is 0 Å². The zero-order chi connectivity index (χ0) is 13.9. The summed E-state index contributed by atoms with van der Waals surface area (Å²) in [6.07, 6.45) is 6.03. The van der Waals surface area contributed by atoms with E-state index in [1.54, 1.807) is 42.5 Å². The maximum Gasteiger partial charge on any atom is 0.202 e. The van der Waals surface area contributed by atoms with Gasteiger partial charge in [-0.3, -0.25) is 0 Å². The van der Waals surface area contributed by atoms with Gasteiger partial charge < -0.3 is 4.79 Å². The Kier molecular flexibility index (Phi) is 4.00. The van der Waals surface area contributed by atoms with Crippen LogP contribution in [0.25, 0.3) is 0 Å². The number of ketones is 1. The summed E-state index contributed by atoms with van der Waals surface area (Å²) in [7, 11) is -3.43.